The molecule has 1 aromatic carbocycles. The van der Waals surface area contributed by atoms with Gasteiger partial charge in [-0.2, -0.15) is 0 Å². The van der Waals surface area contributed by atoms with Gasteiger partial charge < -0.3 is 23.9 Å². The quantitative estimate of drug-likeness (QED) is 0.779. The fraction of sp³-hybridized carbons (Fsp3) is 0.474. The van der Waals surface area contributed by atoms with Gasteiger partial charge in [-0.3, -0.25) is 4.79 Å². The first-order valence-electron chi connectivity index (χ1n) is 8.75. The number of rotatable bonds is 8. The number of carbonyl (C=O) groups is 1. The molecule has 1 N–H and O–H groups in total. The molecule has 1 fully saturated rings. The molecule has 140 valence electrons. The van der Waals surface area contributed by atoms with Gasteiger partial charge in [-0.25, -0.2) is 4.98 Å². The highest BCUT2D eigenvalue weighted by Crippen LogP contribution is 2.33. The van der Waals surface area contributed by atoms with Crippen LogP contribution in [0.3, 0.4) is 0 Å². The Hall–Kier alpha value is -2.54. The first kappa shape index (κ1) is 18.3. The number of ether oxygens (including phenoxy) is 3. The minimum atomic E-state index is -0.0257. The fourth-order valence-electron chi connectivity index (χ4n) is 2.89. The summed E-state index contributed by atoms with van der Waals surface area (Å²) >= 11 is 0. The standard InChI is InChI=1S/C19H24N2O5/c1-23-13-5-6-15(16(10-13)24-2)17-12-21-19(26-17)8-7-18(22)20-11-14-4-3-9-25-14/h5-6,10,12,14H,3-4,7-9,11H2,1-2H3,(H,20,22). The van der Waals surface area contributed by atoms with Gasteiger partial charge in [-0.1, -0.05) is 0 Å². The summed E-state index contributed by atoms with van der Waals surface area (Å²) in [7, 11) is 3.19. The van der Waals surface area contributed by atoms with Gasteiger partial charge in [-0.05, 0) is 25.0 Å². The topological polar surface area (TPSA) is 82.8 Å². The Labute approximate surface area is 152 Å². The number of hydrogen-bond donors (Lipinski definition) is 1. The second-order valence-electron chi connectivity index (χ2n) is 6.12. The van der Waals surface area contributed by atoms with Crippen molar-refractivity contribution in [2.45, 2.75) is 31.8 Å². The molecule has 3 rings (SSSR count). The van der Waals surface area contributed by atoms with Crippen molar-refractivity contribution in [3.8, 4) is 22.8 Å². The average molecular weight is 360 g/mol. The van der Waals surface area contributed by atoms with Crippen LogP contribution in [0.2, 0.25) is 0 Å². The second kappa shape index (κ2) is 8.71. The lowest BCUT2D eigenvalue weighted by atomic mass is 10.1. The number of hydrogen-bond acceptors (Lipinski definition) is 6. The van der Waals surface area contributed by atoms with E-state index in [9.17, 15) is 4.79 Å². The highest BCUT2D eigenvalue weighted by Gasteiger charge is 2.17. The predicted molar refractivity (Wildman–Crippen MR) is 95.3 cm³/mol. The molecule has 0 spiro atoms. The zero-order chi connectivity index (χ0) is 18.4. The molecule has 1 atom stereocenters. The van der Waals surface area contributed by atoms with E-state index in [0.717, 1.165) is 25.0 Å². The Morgan fingerprint density at radius 2 is 2.23 bits per heavy atom. The van der Waals surface area contributed by atoms with Crippen LogP contribution in [0.4, 0.5) is 0 Å². The number of carbonyl (C=O) groups excluding carboxylic acids is 1. The second-order valence-corrected chi connectivity index (χ2v) is 6.12. The highest BCUT2D eigenvalue weighted by atomic mass is 16.5. The maximum Gasteiger partial charge on any atom is 0.220 e. The molecule has 26 heavy (non-hydrogen) atoms. The van der Waals surface area contributed by atoms with Gasteiger partial charge in [0.05, 0.1) is 32.1 Å². The van der Waals surface area contributed by atoms with E-state index in [0.29, 0.717) is 42.5 Å². The van der Waals surface area contributed by atoms with Crippen molar-refractivity contribution in [3.63, 3.8) is 0 Å². The van der Waals surface area contributed by atoms with Gasteiger partial charge in [-0.15, -0.1) is 0 Å². The lowest BCUT2D eigenvalue weighted by molar-refractivity contribution is -0.121. The van der Waals surface area contributed by atoms with Crippen LogP contribution in [0.1, 0.15) is 25.2 Å². The minimum absolute atomic E-state index is 0.0257. The summed E-state index contributed by atoms with van der Waals surface area (Å²) in [6, 6.07) is 5.48. The van der Waals surface area contributed by atoms with Crippen molar-refractivity contribution < 1.29 is 23.4 Å². The first-order valence-corrected chi connectivity index (χ1v) is 8.75. The molecule has 0 radical (unpaired) electrons. The maximum absolute atomic E-state index is 12.0. The molecule has 0 aliphatic carbocycles. The first-order chi connectivity index (χ1) is 12.7. The van der Waals surface area contributed by atoms with Crippen LogP contribution in [-0.2, 0) is 16.0 Å². The summed E-state index contributed by atoms with van der Waals surface area (Å²) in [6.45, 7) is 1.35. The molecule has 1 saturated heterocycles. The van der Waals surface area contributed by atoms with Gasteiger partial charge in [0.15, 0.2) is 11.7 Å². The predicted octanol–water partition coefficient (Wildman–Crippen LogP) is 2.59. The number of benzene rings is 1. The van der Waals surface area contributed by atoms with E-state index in [1.807, 2.05) is 12.1 Å². The average Bonchev–Trinajstić information content (AvgIpc) is 3.36. The highest BCUT2D eigenvalue weighted by molar-refractivity contribution is 5.76. The lowest BCUT2D eigenvalue weighted by Crippen LogP contribution is -2.31. The van der Waals surface area contributed by atoms with Gasteiger partial charge in [0.1, 0.15) is 11.5 Å². The molecule has 7 heteroatoms. The Morgan fingerprint density at radius 1 is 1.35 bits per heavy atom. The summed E-state index contributed by atoms with van der Waals surface area (Å²) in [5.74, 6) is 2.43. The van der Waals surface area contributed by atoms with Crippen LogP contribution < -0.4 is 14.8 Å². The van der Waals surface area contributed by atoms with Gasteiger partial charge in [0.2, 0.25) is 5.91 Å². The van der Waals surface area contributed by atoms with Crippen LogP contribution in [0.5, 0.6) is 11.5 Å². The molecule has 7 nitrogen and oxygen atoms in total. The van der Waals surface area contributed by atoms with E-state index in [4.69, 9.17) is 18.6 Å². The van der Waals surface area contributed by atoms with E-state index < -0.39 is 0 Å². The number of aromatic nitrogens is 1. The number of oxazole rings is 1. The van der Waals surface area contributed by atoms with E-state index >= 15 is 0 Å². The van der Waals surface area contributed by atoms with Crippen LogP contribution in [0.25, 0.3) is 11.3 Å². The van der Waals surface area contributed by atoms with Gasteiger partial charge in [0.25, 0.3) is 0 Å². The molecule has 2 aromatic rings. The Bertz CT molecular complexity index is 737. The zero-order valence-corrected chi connectivity index (χ0v) is 15.1. The van der Waals surface area contributed by atoms with Crippen molar-refractivity contribution in [1.29, 1.82) is 0 Å². The Balaban J connectivity index is 1.55. The molecule has 1 amide bonds. The molecular formula is C19H24N2O5. The minimum Gasteiger partial charge on any atom is -0.497 e. The number of methoxy groups -OCH3 is 2. The molecule has 1 aliphatic heterocycles. The summed E-state index contributed by atoms with van der Waals surface area (Å²) in [6.07, 6.45) is 4.63. The van der Waals surface area contributed by atoms with Gasteiger partial charge >= 0.3 is 0 Å². The summed E-state index contributed by atoms with van der Waals surface area (Å²) in [5.41, 5.74) is 0.787. The maximum atomic E-state index is 12.0. The Morgan fingerprint density at radius 3 is 2.96 bits per heavy atom. The number of aryl methyl sites for hydroxylation is 1. The van der Waals surface area contributed by atoms with Crippen LogP contribution in [0.15, 0.2) is 28.8 Å². The summed E-state index contributed by atoms with van der Waals surface area (Å²) < 4.78 is 21.9. The van der Waals surface area contributed by atoms with E-state index in [2.05, 4.69) is 10.3 Å². The number of amides is 1. The zero-order valence-electron chi connectivity index (χ0n) is 15.1. The molecule has 0 bridgehead atoms. The number of nitrogens with one attached hydrogen (secondary N) is 1. The largest absolute Gasteiger partial charge is 0.497 e. The van der Waals surface area contributed by atoms with Gasteiger partial charge in [0, 0.05) is 32.1 Å². The third-order valence-electron chi connectivity index (χ3n) is 4.34. The monoisotopic (exact) mass is 360 g/mol. The third kappa shape index (κ3) is 4.54. The summed E-state index contributed by atoms with van der Waals surface area (Å²) in [4.78, 5) is 16.2. The third-order valence-corrected chi connectivity index (χ3v) is 4.34. The molecule has 1 aromatic heterocycles. The fourth-order valence-corrected chi connectivity index (χ4v) is 2.89. The molecule has 1 aliphatic rings. The molecule has 1 unspecified atom stereocenters. The van der Waals surface area contributed by atoms with Crippen LogP contribution >= 0.6 is 0 Å². The number of nitrogens with zero attached hydrogens (tertiary/aromatic N) is 1. The Kier molecular flexibility index (Phi) is 6.12. The lowest BCUT2D eigenvalue weighted by Gasteiger charge is -2.10. The van der Waals surface area contributed by atoms with E-state index in [-0.39, 0.29) is 12.0 Å². The van der Waals surface area contributed by atoms with Crippen LogP contribution in [0, 0.1) is 0 Å². The van der Waals surface area contributed by atoms with Crippen molar-refractivity contribution >= 4 is 5.91 Å². The van der Waals surface area contributed by atoms with E-state index in [1.165, 1.54) is 0 Å². The molecule has 0 saturated carbocycles. The van der Waals surface area contributed by atoms with E-state index in [1.54, 1.807) is 26.5 Å². The van der Waals surface area contributed by atoms with Crippen LogP contribution in [-0.4, -0.2) is 44.4 Å². The molecular weight excluding hydrogens is 336 g/mol. The smallest absolute Gasteiger partial charge is 0.220 e. The summed E-state index contributed by atoms with van der Waals surface area (Å²) in [5, 5.41) is 2.90. The van der Waals surface area contributed by atoms with Crippen molar-refractivity contribution in [2.75, 3.05) is 27.4 Å². The van der Waals surface area contributed by atoms with Crippen molar-refractivity contribution in [2.24, 2.45) is 0 Å². The normalized spacial score (nSPS) is 16.5. The van der Waals surface area contributed by atoms with Crippen molar-refractivity contribution in [3.05, 3.63) is 30.3 Å². The SMILES string of the molecule is COc1ccc(-c2cnc(CCC(=O)NCC3CCCO3)o2)c(OC)c1. The molecule has 2 heterocycles. The van der Waals surface area contributed by atoms with Crippen molar-refractivity contribution in [1.82, 2.24) is 10.3 Å².